The van der Waals surface area contributed by atoms with Crippen LogP contribution in [0.5, 0.6) is 0 Å². The van der Waals surface area contributed by atoms with Gasteiger partial charge in [0.2, 0.25) is 11.8 Å². The van der Waals surface area contributed by atoms with Gasteiger partial charge in [-0.1, -0.05) is 26.8 Å². The summed E-state index contributed by atoms with van der Waals surface area (Å²) in [6.07, 6.45) is 5.34. The van der Waals surface area contributed by atoms with E-state index in [4.69, 9.17) is 0 Å². The molecule has 3 heterocycles. The van der Waals surface area contributed by atoms with Crippen molar-refractivity contribution in [1.82, 2.24) is 20.1 Å². The molecule has 0 saturated carbocycles. The van der Waals surface area contributed by atoms with Crippen molar-refractivity contribution in [2.45, 2.75) is 39.7 Å². The molecule has 6 heteroatoms. The molecular formula is C20H30N4O2. The van der Waals surface area contributed by atoms with Crippen LogP contribution in [-0.4, -0.2) is 59.3 Å². The third-order valence-corrected chi connectivity index (χ3v) is 5.30. The zero-order valence-corrected chi connectivity index (χ0v) is 16.1. The lowest BCUT2D eigenvalue weighted by molar-refractivity contribution is -0.146. The lowest BCUT2D eigenvalue weighted by Crippen LogP contribution is -2.54. The summed E-state index contributed by atoms with van der Waals surface area (Å²) in [6.45, 7) is 9.36. The fraction of sp³-hybridized carbons (Fsp3) is 0.650. The van der Waals surface area contributed by atoms with Crippen molar-refractivity contribution in [2.75, 3.05) is 32.7 Å². The van der Waals surface area contributed by atoms with Gasteiger partial charge in [0.1, 0.15) is 0 Å². The van der Waals surface area contributed by atoms with Gasteiger partial charge in [0.05, 0.1) is 12.0 Å². The number of hydrogen-bond acceptors (Lipinski definition) is 4. The number of piperazine rings is 1. The average Bonchev–Trinajstić information content (AvgIpc) is 2.67. The van der Waals surface area contributed by atoms with E-state index in [9.17, 15) is 9.59 Å². The van der Waals surface area contributed by atoms with Crippen LogP contribution in [0.3, 0.4) is 0 Å². The van der Waals surface area contributed by atoms with Gasteiger partial charge in [-0.2, -0.15) is 0 Å². The monoisotopic (exact) mass is 358 g/mol. The number of nitrogens with zero attached hydrogens (tertiary/aromatic N) is 3. The molecule has 2 aliphatic heterocycles. The molecule has 6 nitrogen and oxygen atoms in total. The Kier molecular flexibility index (Phi) is 5.61. The van der Waals surface area contributed by atoms with Gasteiger partial charge < -0.3 is 15.1 Å². The predicted molar refractivity (Wildman–Crippen MR) is 100 cm³/mol. The first-order valence-corrected chi connectivity index (χ1v) is 9.58. The average molecular weight is 358 g/mol. The summed E-state index contributed by atoms with van der Waals surface area (Å²) in [5.74, 6) is 0.207. The van der Waals surface area contributed by atoms with Crippen molar-refractivity contribution in [3.63, 3.8) is 0 Å². The Morgan fingerprint density at radius 2 is 2.08 bits per heavy atom. The van der Waals surface area contributed by atoms with Gasteiger partial charge in [-0.15, -0.1) is 0 Å². The van der Waals surface area contributed by atoms with E-state index in [2.05, 4.69) is 10.3 Å². The summed E-state index contributed by atoms with van der Waals surface area (Å²) in [7, 11) is 0. The molecule has 2 saturated heterocycles. The number of amides is 2. The van der Waals surface area contributed by atoms with Crippen LogP contribution < -0.4 is 5.32 Å². The van der Waals surface area contributed by atoms with E-state index in [0.717, 1.165) is 38.0 Å². The van der Waals surface area contributed by atoms with E-state index in [1.807, 2.05) is 48.9 Å². The molecule has 26 heavy (non-hydrogen) atoms. The summed E-state index contributed by atoms with van der Waals surface area (Å²) in [5, 5.41) is 3.38. The number of aromatic nitrogens is 1. The van der Waals surface area contributed by atoms with Gasteiger partial charge >= 0.3 is 0 Å². The van der Waals surface area contributed by atoms with Crippen molar-refractivity contribution >= 4 is 11.8 Å². The Morgan fingerprint density at radius 3 is 2.77 bits per heavy atom. The molecule has 2 amide bonds. The molecule has 1 aromatic rings. The summed E-state index contributed by atoms with van der Waals surface area (Å²) in [4.78, 5) is 34.0. The van der Waals surface area contributed by atoms with Gasteiger partial charge in [0.25, 0.3) is 0 Å². The van der Waals surface area contributed by atoms with Crippen LogP contribution in [0, 0.1) is 11.3 Å². The zero-order valence-electron chi connectivity index (χ0n) is 16.1. The molecule has 2 fully saturated rings. The largest absolute Gasteiger partial charge is 0.341 e. The molecular weight excluding hydrogens is 328 g/mol. The smallest absolute Gasteiger partial charge is 0.228 e. The number of carbonyl (C=O) groups excluding carboxylic acids is 2. The fourth-order valence-corrected chi connectivity index (χ4v) is 3.91. The van der Waals surface area contributed by atoms with Gasteiger partial charge in [-0.25, -0.2) is 0 Å². The van der Waals surface area contributed by atoms with Crippen LogP contribution in [0.15, 0.2) is 24.5 Å². The summed E-state index contributed by atoms with van der Waals surface area (Å²) in [5.41, 5.74) is 0.657. The lowest BCUT2D eigenvalue weighted by atomic mass is 9.90. The van der Waals surface area contributed by atoms with E-state index in [0.29, 0.717) is 13.1 Å². The molecule has 142 valence electrons. The highest BCUT2D eigenvalue weighted by atomic mass is 16.2. The Labute approximate surface area is 156 Å². The minimum Gasteiger partial charge on any atom is -0.341 e. The summed E-state index contributed by atoms with van der Waals surface area (Å²) in [6, 6.07) is 3.96. The first kappa shape index (κ1) is 18.8. The minimum atomic E-state index is -0.405. The second-order valence-corrected chi connectivity index (χ2v) is 8.38. The molecule has 2 aliphatic rings. The van der Waals surface area contributed by atoms with Gasteiger partial charge in [-0.05, 0) is 24.5 Å². The van der Waals surface area contributed by atoms with E-state index >= 15 is 0 Å². The number of nitrogens with one attached hydrogen (secondary N) is 1. The second kappa shape index (κ2) is 7.74. The van der Waals surface area contributed by atoms with Crippen LogP contribution in [0.4, 0.5) is 0 Å². The number of likely N-dealkylation sites (tertiary alicyclic amines) is 1. The topological polar surface area (TPSA) is 65.5 Å². The van der Waals surface area contributed by atoms with Gasteiger partial charge in [-0.3, -0.25) is 14.6 Å². The molecule has 1 aromatic heterocycles. The van der Waals surface area contributed by atoms with Crippen molar-refractivity contribution < 1.29 is 9.59 Å². The first-order chi connectivity index (χ1) is 12.4. The van der Waals surface area contributed by atoms with Crippen LogP contribution in [0.2, 0.25) is 0 Å². The van der Waals surface area contributed by atoms with E-state index in [1.54, 1.807) is 6.20 Å². The number of rotatable bonds is 2. The minimum absolute atomic E-state index is 0.0126. The second-order valence-electron chi connectivity index (χ2n) is 8.38. The van der Waals surface area contributed by atoms with E-state index < -0.39 is 5.41 Å². The third-order valence-electron chi connectivity index (χ3n) is 5.30. The Bertz CT molecular complexity index is 641. The maximum Gasteiger partial charge on any atom is 0.228 e. The van der Waals surface area contributed by atoms with Crippen molar-refractivity contribution in [2.24, 2.45) is 11.3 Å². The molecule has 0 aromatic carbocycles. The van der Waals surface area contributed by atoms with Crippen LogP contribution in [-0.2, 0) is 9.59 Å². The van der Waals surface area contributed by atoms with E-state index in [1.165, 1.54) is 0 Å². The van der Waals surface area contributed by atoms with Crippen LogP contribution >= 0.6 is 0 Å². The number of piperidine rings is 1. The van der Waals surface area contributed by atoms with Crippen molar-refractivity contribution in [1.29, 1.82) is 0 Å². The van der Waals surface area contributed by atoms with Gasteiger partial charge in [0.15, 0.2) is 0 Å². The summed E-state index contributed by atoms with van der Waals surface area (Å²) < 4.78 is 0. The van der Waals surface area contributed by atoms with Crippen molar-refractivity contribution in [3.8, 4) is 0 Å². The normalized spacial score (nSPS) is 24.4. The van der Waals surface area contributed by atoms with Crippen molar-refractivity contribution in [3.05, 3.63) is 30.1 Å². The molecule has 0 aliphatic carbocycles. The Morgan fingerprint density at radius 1 is 1.27 bits per heavy atom. The number of carbonyl (C=O) groups is 2. The predicted octanol–water partition coefficient (Wildman–Crippen LogP) is 1.84. The number of pyridine rings is 1. The maximum absolute atomic E-state index is 13.3. The van der Waals surface area contributed by atoms with Crippen LogP contribution in [0.25, 0.3) is 0 Å². The molecule has 2 atom stereocenters. The molecule has 1 N–H and O–H groups in total. The standard InChI is InChI=1S/C20H30N4O2/c1-20(2,3)19(26)23-10-5-7-16(14-23)18(25)24-11-9-22-13-17(24)15-6-4-8-21-12-15/h4,6,8,12,16-17,22H,5,7,9-11,13-14H2,1-3H3. The Hall–Kier alpha value is -1.95. The molecule has 0 bridgehead atoms. The quantitative estimate of drug-likeness (QED) is 0.876. The molecule has 2 unspecified atom stereocenters. The highest BCUT2D eigenvalue weighted by molar-refractivity contribution is 5.84. The lowest BCUT2D eigenvalue weighted by Gasteiger charge is -2.41. The third kappa shape index (κ3) is 4.06. The zero-order chi connectivity index (χ0) is 18.7. The highest BCUT2D eigenvalue weighted by Gasteiger charge is 2.37. The van der Waals surface area contributed by atoms with Crippen LogP contribution in [0.1, 0.15) is 45.2 Å². The maximum atomic E-state index is 13.3. The summed E-state index contributed by atoms with van der Waals surface area (Å²) >= 11 is 0. The van der Waals surface area contributed by atoms with Gasteiger partial charge in [0, 0.05) is 50.5 Å². The fourth-order valence-electron chi connectivity index (χ4n) is 3.91. The molecule has 0 spiro atoms. The Balaban J connectivity index is 1.73. The highest BCUT2D eigenvalue weighted by Crippen LogP contribution is 2.28. The molecule has 3 rings (SSSR count). The number of hydrogen-bond donors (Lipinski definition) is 1. The molecule has 0 radical (unpaired) electrons. The van der Waals surface area contributed by atoms with E-state index in [-0.39, 0.29) is 23.8 Å². The SMILES string of the molecule is CC(C)(C)C(=O)N1CCCC(C(=O)N2CCNCC2c2cccnc2)C1. The first-order valence-electron chi connectivity index (χ1n) is 9.58.